The molecule has 1 saturated heterocycles. The van der Waals surface area contributed by atoms with E-state index in [0.29, 0.717) is 29.4 Å². The Morgan fingerprint density at radius 3 is 2.44 bits per heavy atom. The van der Waals surface area contributed by atoms with Crippen molar-refractivity contribution in [3.8, 4) is 11.5 Å². The van der Waals surface area contributed by atoms with Crippen molar-refractivity contribution in [3.05, 3.63) is 95.2 Å². The number of nitrogens with zero attached hydrogens (tertiary/aromatic N) is 2. The van der Waals surface area contributed by atoms with Gasteiger partial charge in [-0.3, -0.25) is 14.5 Å². The van der Waals surface area contributed by atoms with Gasteiger partial charge < -0.3 is 19.1 Å². The third-order valence-corrected chi connectivity index (χ3v) is 6.07. The Kier molecular flexibility index (Phi) is 7.65. The average Bonchev–Trinajstić information content (AvgIpc) is 3.12. The molecule has 184 valence electrons. The van der Waals surface area contributed by atoms with Crippen LogP contribution in [0.2, 0.25) is 0 Å². The van der Waals surface area contributed by atoms with E-state index in [1.807, 2.05) is 49.4 Å². The van der Waals surface area contributed by atoms with E-state index in [1.54, 1.807) is 37.5 Å². The third kappa shape index (κ3) is 5.39. The Morgan fingerprint density at radius 1 is 1.00 bits per heavy atom. The monoisotopic (exact) mass is 502 g/mol. The van der Waals surface area contributed by atoms with Crippen LogP contribution in [0.4, 0.5) is 5.69 Å². The van der Waals surface area contributed by atoms with Gasteiger partial charge in [-0.05, 0) is 61.1 Å². The van der Waals surface area contributed by atoms with Crippen LogP contribution in [-0.2, 0) is 20.9 Å². The lowest BCUT2D eigenvalue weighted by Crippen LogP contribution is -2.35. The van der Waals surface area contributed by atoms with Crippen LogP contribution in [0.3, 0.4) is 0 Å². The molecule has 1 aliphatic heterocycles. The predicted molar refractivity (Wildman–Crippen MR) is 142 cm³/mol. The fourth-order valence-corrected chi connectivity index (χ4v) is 4.18. The van der Waals surface area contributed by atoms with Gasteiger partial charge in [-0.25, -0.2) is 0 Å². The number of rotatable bonds is 8. The molecule has 0 saturated carbocycles. The number of hydrogen-bond donors (Lipinski definition) is 0. The van der Waals surface area contributed by atoms with Crippen molar-refractivity contribution in [2.24, 2.45) is 0 Å². The van der Waals surface area contributed by atoms with Crippen molar-refractivity contribution in [2.45, 2.75) is 13.5 Å². The van der Waals surface area contributed by atoms with Crippen LogP contribution in [0, 0.1) is 6.92 Å². The largest absolute Gasteiger partial charge is 0.497 e. The summed E-state index contributed by atoms with van der Waals surface area (Å²) in [5.41, 5.74) is 3.67. The second kappa shape index (κ2) is 11.0. The first-order valence-electron chi connectivity index (χ1n) is 11.3. The normalized spacial score (nSPS) is 14.4. The maximum atomic E-state index is 13.6. The molecule has 1 amide bonds. The smallest absolute Gasteiger partial charge is 0.325 e. The second-order valence-corrected chi connectivity index (χ2v) is 8.49. The minimum atomic E-state index is -0.517. The summed E-state index contributed by atoms with van der Waals surface area (Å²) in [7, 11) is 2.86. The van der Waals surface area contributed by atoms with Crippen molar-refractivity contribution in [1.82, 2.24) is 4.90 Å². The molecule has 0 aromatic heterocycles. The number of para-hydroxylation sites is 1. The van der Waals surface area contributed by atoms with Gasteiger partial charge in [-0.15, -0.1) is 0 Å². The molecule has 7 nitrogen and oxygen atoms in total. The van der Waals surface area contributed by atoms with Gasteiger partial charge >= 0.3 is 5.97 Å². The molecule has 0 bridgehead atoms. The topological polar surface area (TPSA) is 68.3 Å². The molecule has 3 aromatic carbocycles. The van der Waals surface area contributed by atoms with E-state index >= 15 is 0 Å². The highest BCUT2D eigenvalue weighted by molar-refractivity contribution is 7.80. The Balaban J connectivity index is 1.68. The molecule has 1 heterocycles. The molecule has 8 heteroatoms. The molecule has 0 unspecified atom stereocenters. The Morgan fingerprint density at radius 2 is 1.75 bits per heavy atom. The maximum absolute atomic E-state index is 13.6. The number of carbonyl (C=O) groups excluding carboxylic acids is 2. The molecule has 36 heavy (non-hydrogen) atoms. The second-order valence-electron chi connectivity index (χ2n) is 8.13. The zero-order valence-electron chi connectivity index (χ0n) is 20.3. The molecule has 4 rings (SSSR count). The summed E-state index contributed by atoms with van der Waals surface area (Å²) in [6.07, 6.45) is 1.69. The Labute approximate surface area is 215 Å². The van der Waals surface area contributed by atoms with Crippen LogP contribution in [-0.4, -0.2) is 42.7 Å². The molecule has 1 fully saturated rings. The summed E-state index contributed by atoms with van der Waals surface area (Å²) in [6, 6.07) is 22.4. The summed E-state index contributed by atoms with van der Waals surface area (Å²) in [5.74, 6) is 0.378. The highest BCUT2D eigenvalue weighted by Gasteiger charge is 2.40. The van der Waals surface area contributed by atoms with Crippen molar-refractivity contribution < 1.29 is 23.8 Å². The highest BCUT2D eigenvalue weighted by atomic mass is 32.1. The molecule has 0 spiro atoms. The number of aryl methyl sites for hydroxylation is 1. The van der Waals surface area contributed by atoms with E-state index in [2.05, 4.69) is 6.07 Å². The van der Waals surface area contributed by atoms with Gasteiger partial charge in [0, 0.05) is 5.56 Å². The van der Waals surface area contributed by atoms with Crippen molar-refractivity contribution >= 4 is 41.0 Å². The molecule has 3 aromatic rings. The maximum Gasteiger partial charge on any atom is 0.325 e. The average molecular weight is 503 g/mol. The summed E-state index contributed by atoms with van der Waals surface area (Å²) in [5, 5.41) is 0.181. The van der Waals surface area contributed by atoms with Gasteiger partial charge in [0.1, 0.15) is 30.3 Å². The molecular weight excluding hydrogens is 476 g/mol. The van der Waals surface area contributed by atoms with E-state index in [-0.39, 0.29) is 23.3 Å². The van der Waals surface area contributed by atoms with Crippen LogP contribution in [0.5, 0.6) is 11.5 Å². The van der Waals surface area contributed by atoms with Crippen LogP contribution >= 0.6 is 12.2 Å². The van der Waals surface area contributed by atoms with Gasteiger partial charge in [0.2, 0.25) is 0 Å². The van der Waals surface area contributed by atoms with Crippen LogP contribution < -0.4 is 14.4 Å². The van der Waals surface area contributed by atoms with E-state index in [9.17, 15) is 9.59 Å². The zero-order valence-corrected chi connectivity index (χ0v) is 21.1. The molecule has 0 N–H and O–H groups in total. The molecule has 1 aliphatic rings. The Bertz CT molecular complexity index is 1320. The van der Waals surface area contributed by atoms with E-state index in [0.717, 1.165) is 11.1 Å². The lowest BCUT2D eigenvalue weighted by Gasteiger charge is -2.19. The van der Waals surface area contributed by atoms with Crippen molar-refractivity contribution in [3.63, 3.8) is 0 Å². The lowest BCUT2D eigenvalue weighted by molar-refractivity contribution is -0.140. The van der Waals surface area contributed by atoms with Crippen LogP contribution in [0.1, 0.15) is 16.7 Å². The molecule has 0 atom stereocenters. The van der Waals surface area contributed by atoms with E-state index in [1.165, 1.54) is 16.9 Å². The Hall–Kier alpha value is -4.17. The van der Waals surface area contributed by atoms with Gasteiger partial charge in [-0.1, -0.05) is 48.0 Å². The number of carbonyl (C=O) groups is 2. The summed E-state index contributed by atoms with van der Waals surface area (Å²) in [4.78, 5) is 28.6. The number of methoxy groups -OCH3 is 2. The van der Waals surface area contributed by atoms with E-state index in [4.69, 9.17) is 26.4 Å². The number of esters is 1. The number of hydrogen-bond acceptors (Lipinski definition) is 6. The van der Waals surface area contributed by atoms with Crippen molar-refractivity contribution in [2.75, 3.05) is 25.7 Å². The minimum Gasteiger partial charge on any atom is -0.497 e. The van der Waals surface area contributed by atoms with Gasteiger partial charge in [0.05, 0.1) is 19.9 Å². The number of thiocarbonyl (C=S) groups is 1. The van der Waals surface area contributed by atoms with Gasteiger partial charge in [0.25, 0.3) is 5.91 Å². The molecule has 0 radical (unpaired) electrons. The standard InChI is InChI=1S/C28H26N2O5S/c1-19-7-6-8-20(15-19)18-35-25-10-5-4-9-21(25)16-24-27(32)30(22-11-13-23(33-2)14-12-22)28(36)29(24)17-26(31)34-3/h4-16H,17-18H2,1-3H3/b24-16-. The first-order chi connectivity index (χ1) is 17.4. The molecular formula is C28H26N2O5S. The highest BCUT2D eigenvalue weighted by Crippen LogP contribution is 2.32. The summed E-state index contributed by atoms with van der Waals surface area (Å²) < 4.78 is 16.2. The third-order valence-electron chi connectivity index (χ3n) is 5.67. The fourth-order valence-electron chi connectivity index (χ4n) is 3.83. The lowest BCUT2D eigenvalue weighted by atomic mass is 10.1. The first kappa shape index (κ1) is 24.9. The minimum absolute atomic E-state index is 0.181. The molecule has 0 aliphatic carbocycles. The predicted octanol–water partition coefficient (Wildman–Crippen LogP) is 4.73. The van der Waals surface area contributed by atoms with E-state index < -0.39 is 5.97 Å². The number of benzene rings is 3. The zero-order chi connectivity index (χ0) is 25.7. The number of anilines is 1. The SMILES string of the molecule is COC(=O)CN1C(=S)N(c2ccc(OC)cc2)C(=O)/C1=C/c1ccccc1OCc1cccc(C)c1. The number of ether oxygens (including phenoxy) is 3. The quantitative estimate of drug-likeness (QED) is 0.251. The van der Waals surface area contributed by atoms with Gasteiger partial charge in [-0.2, -0.15) is 0 Å². The van der Waals surface area contributed by atoms with Crippen LogP contribution in [0.15, 0.2) is 78.5 Å². The van der Waals surface area contributed by atoms with Gasteiger partial charge in [0.15, 0.2) is 5.11 Å². The fraction of sp³-hybridized carbons (Fsp3) is 0.179. The number of amides is 1. The first-order valence-corrected chi connectivity index (χ1v) is 11.7. The van der Waals surface area contributed by atoms with Crippen LogP contribution in [0.25, 0.3) is 6.08 Å². The summed E-state index contributed by atoms with van der Waals surface area (Å²) in [6.45, 7) is 2.20. The summed E-state index contributed by atoms with van der Waals surface area (Å²) >= 11 is 5.62. The van der Waals surface area contributed by atoms with Crippen molar-refractivity contribution in [1.29, 1.82) is 0 Å².